The van der Waals surface area contributed by atoms with Crippen molar-refractivity contribution < 1.29 is 31.0 Å². The number of carbonyl (C=O) groups is 1. The van der Waals surface area contributed by atoms with Crippen molar-refractivity contribution in [2.24, 2.45) is 0 Å². The number of aliphatic carboxylic acids is 1. The van der Waals surface area contributed by atoms with Crippen molar-refractivity contribution in [2.75, 3.05) is 0 Å². The maximum atomic E-state index is 9.91. The molecule has 3 radical (unpaired) electrons. The maximum Gasteiger partial charge on any atom is 2.00 e. The summed E-state index contributed by atoms with van der Waals surface area (Å²) in [5.41, 5.74) is -0.369. The molecule has 0 bridgehead atoms. The molecule has 12 heavy (non-hydrogen) atoms. The largest absolute Gasteiger partial charge is 2.00 e. The molecule has 0 saturated carbocycles. The standard InChI is InChI=1S/C6H4B2NO2.W/c7-6(8)4(9)2-1-3-5(10)11;/h2H,3H2,(H,10,11);/q-2;+2. The van der Waals surface area contributed by atoms with E-state index in [9.17, 15) is 4.79 Å². The van der Waals surface area contributed by atoms with Gasteiger partial charge in [0.1, 0.15) is 0 Å². The van der Waals surface area contributed by atoms with Gasteiger partial charge in [-0.15, -0.1) is 0 Å². The smallest absolute Gasteiger partial charge is 2.00 e. The Kier molecular flexibility index (Phi) is 8.50. The minimum atomic E-state index is -1.04. The van der Waals surface area contributed by atoms with Crippen LogP contribution in [0, 0.1) is 6.08 Å². The first-order valence-corrected chi connectivity index (χ1v) is 2.76. The second-order valence-electron chi connectivity index (χ2n) is 1.76. The number of rotatable bonds is 4. The molecule has 0 aliphatic rings. The van der Waals surface area contributed by atoms with E-state index in [2.05, 4.69) is 6.08 Å². The van der Waals surface area contributed by atoms with Crippen LogP contribution in [0.5, 0.6) is 0 Å². The predicted octanol–water partition coefficient (Wildman–Crippen LogP) is -0.705. The summed E-state index contributed by atoms with van der Waals surface area (Å²) in [6, 6.07) is 0. The molecule has 0 aliphatic heterocycles. The minimum Gasteiger partial charge on any atom is 2.00 e. The Morgan fingerprint density at radius 1 is 1.67 bits per heavy atom. The van der Waals surface area contributed by atoms with Crippen molar-refractivity contribution in [3.63, 3.8) is 0 Å². The topological polar surface area (TPSA) is 59.6 Å². The Bertz CT molecular complexity index is 228. The van der Waals surface area contributed by atoms with Crippen LogP contribution in [0.2, 0.25) is 0 Å². The van der Waals surface area contributed by atoms with E-state index in [4.69, 9.17) is 25.8 Å². The number of hydrogen-bond donors (Lipinski definition) is 1. The third-order valence-electron chi connectivity index (χ3n) is 0.788. The molecule has 6 heteroatoms. The molecule has 0 saturated heterocycles. The van der Waals surface area contributed by atoms with Crippen LogP contribution in [0.3, 0.4) is 0 Å². The second-order valence-corrected chi connectivity index (χ2v) is 1.76. The number of hydrogen-bond acceptors (Lipinski definition) is 1. The van der Waals surface area contributed by atoms with Crippen LogP contribution in [0.15, 0.2) is 6.08 Å². The van der Waals surface area contributed by atoms with Crippen molar-refractivity contribution in [1.82, 2.24) is 0 Å². The first-order valence-electron chi connectivity index (χ1n) is 2.76. The summed E-state index contributed by atoms with van der Waals surface area (Å²) in [5.74, 6) is -1.04. The van der Waals surface area contributed by atoms with Crippen molar-refractivity contribution in [2.45, 2.75) is 6.42 Å². The molecule has 0 heterocycles. The molecule has 0 unspecified atom stereocenters. The molecular formula is C6H4B2NO2W. The fourth-order valence-electron chi connectivity index (χ4n) is 0.318. The van der Waals surface area contributed by atoms with Gasteiger partial charge >= 0.3 is 87.3 Å². The van der Waals surface area contributed by atoms with E-state index in [1.165, 1.54) is 0 Å². The molecule has 0 aromatic rings. The monoisotopic (exact) mass is 328 g/mol. The normalized spacial score (nSPS) is 8.92. The van der Waals surface area contributed by atoms with Crippen LogP contribution in [-0.4, -0.2) is 37.5 Å². The van der Waals surface area contributed by atoms with Crippen LogP contribution in [0.25, 0.3) is 5.41 Å². The van der Waals surface area contributed by atoms with Crippen LogP contribution in [0.1, 0.15) is 6.42 Å². The van der Waals surface area contributed by atoms with Gasteiger partial charge in [0.2, 0.25) is 0 Å². The van der Waals surface area contributed by atoms with Crippen LogP contribution >= 0.6 is 0 Å². The van der Waals surface area contributed by atoms with E-state index >= 15 is 0 Å². The van der Waals surface area contributed by atoms with Crippen molar-refractivity contribution in [3.05, 3.63) is 17.6 Å². The van der Waals surface area contributed by atoms with Crippen LogP contribution in [-0.2, 0) is 25.9 Å². The van der Waals surface area contributed by atoms with E-state index in [1.807, 2.05) is 0 Å². The molecule has 0 rings (SSSR count). The van der Waals surface area contributed by atoms with Crippen LogP contribution in [0.4, 0.5) is 0 Å². The SMILES string of the molecule is [B]C(=[B])C(=[N-])C=[C-]CC(=O)O.[W+2]. The second kappa shape index (κ2) is 7.23. The summed E-state index contributed by atoms with van der Waals surface area (Å²) >= 11 is 0. The summed E-state index contributed by atoms with van der Waals surface area (Å²) < 4.78 is 0. The number of carboxylic acid groups (broad SMARTS) is 1. The Balaban J connectivity index is 0. The van der Waals surface area contributed by atoms with Crippen molar-refractivity contribution >= 4 is 32.4 Å². The van der Waals surface area contributed by atoms with Crippen molar-refractivity contribution in [1.29, 1.82) is 0 Å². The van der Waals surface area contributed by atoms with Gasteiger partial charge in [0.05, 0.1) is 0 Å². The number of nitrogens with zero attached hydrogens (tertiary/aromatic N) is 1. The van der Waals surface area contributed by atoms with Gasteiger partial charge in [-0.2, -0.15) is 0 Å². The molecular weight excluding hydrogens is 324 g/mol. The summed E-state index contributed by atoms with van der Waals surface area (Å²) in [6.07, 6.45) is 3.00. The van der Waals surface area contributed by atoms with E-state index in [-0.39, 0.29) is 38.6 Å². The fraction of sp³-hybridized carbons (Fsp3) is 0.167. The molecule has 0 aromatic heterocycles. The minimum absolute atomic E-state index is 0. The van der Waals surface area contributed by atoms with Gasteiger partial charge in [-0.05, 0) is 0 Å². The van der Waals surface area contributed by atoms with E-state index < -0.39 is 5.97 Å². The van der Waals surface area contributed by atoms with Gasteiger partial charge in [0.15, 0.2) is 0 Å². The average Bonchev–Trinajstić information content (AvgIpc) is 1.86. The van der Waals surface area contributed by atoms with E-state index in [1.54, 1.807) is 0 Å². The van der Waals surface area contributed by atoms with Gasteiger partial charge in [0.25, 0.3) is 0 Å². The van der Waals surface area contributed by atoms with Gasteiger partial charge in [-0.3, -0.25) is 0 Å². The Morgan fingerprint density at radius 3 is 2.50 bits per heavy atom. The quantitative estimate of drug-likeness (QED) is 0.421. The summed E-state index contributed by atoms with van der Waals surface area (Å²) in [4.78, 5) is 9.91. The molecule has 1 N–H and O–H groups in total. The zero-order valence-electron chi connectivity index (χ0n) is 6.15. The number of carboxylic acids is 1. The summed E-state index contributed by atoms with van der Waals surface area (Å²) in [6.45, 7) is 0. The van der Waals surface area contributed by atoms with Gasteiger partial charge in [-0.25, -0.2) is 0 Å². The molecule has 0 aromatic carbocycles. The summed E-state index contributed by atoms with van der Waals surface area (Å²) in [5, 5.41) is 16.6. The zero-order valence-corrected chi connectivity index (χ0v) is 9.08. The first-order chi connectivity index (χ1) is 5.04. The first kappa shape index (κ1) is 14.1. The maximum absolute atomic E-state index is 9.91. The molecule has 0 amide bonds. The Labute approximate surface area is 87.5 Å². The Hall–Kier alpha value is -0.432. The van der Waals surface area contributed by atoms with Crippen molar-refractivity contribution in [3.8, 4) is 0 Å². The molecule has 0 fully saturated rings. The molecule has 57 valence electrons. The van der Waals surface area contributed by atoms with E-state index in [0.29, 0.717) is 0 Å². The average molecular weight is 328 g/mol. The van der Waals surface area contributed by atoms with Crippen LogP contribution < -0.4 is 0 Å². The molecule has 0 spiro atoms. The van der Waals surface area contributed by atoms with E-state index in [0.717, 1.165) is 6.08 Å². The zero-order chi connectivity index (χ0) is 8.85. The molecule has 0 atom stereocenters. The number of allylic oxidation sites excluding steroid dienone is 1. The van der Waals surface area contributed by atoms with Gasteiger partial charge in [0, 0.05) is 0 Å². The molecule has 0 aliphatic carbocycles. The van der Waals surface area contributed by atoms with Gasteiger partial charge in [-0.1, -0.05) is 0 Å². The summed E-state index contributed by atoms with van der Waals surface area (Å²) in [7, 11) is 9.88. The Morgan fingerprint density at radius 2 is 2.17 bits per heavy atom. The molecule has 3 nitrogen and oxygen atoms in total. The third-order valence-corrected chi connectivity index (χ3v) is 0.788. The third kappa shape index (κ3) is 7.67. The fourth-order valence-corrected chi connectivity index (χ4v) is 0.318. The van der Waals surface area contributed by atoms with Gasteiger partial charge < -0.3 is 0 Å². The predicted molar refractivity (Wildman–Crippen MR) is 44.9 cm³/mol.